The summed E-state index contributed by atoms with van der Waals surface area (Å²) in [6.07, 6.45) is 1.09. The molecule has 2 rings (SSSR count). The molecule has 1 aliphatic rings. The average Bonchev–Trinajstić information content (AvgIpc) is 2.60. The molecule has 0 saturated carbocycles. The van der Waals surface area contributed by atoms with Gasteiger partial charge in [-0.1, -0.05) is 30.3 Å². The molecule has 1 heterocycles. The Kier molecular flexibility index (Phi) is 3.39. The van der Waals surface area contributed by atoms with E-state index in [-0.39, 0.29) is 0 Å². The van der Waals surface area contributed by atoms with E-state index in [4.69, 9.17) is 0 Å². The first-order chi connectivity index (χ1) is 7.29. The molecule has 1 N–H and O–H groups in total. The van der Waals surface area contributed by atoms with Crippen molar-refractivity contribution in [2.24, 2.45) is 11.8 Å². The van der Waals surface area contributed by atoms with Crippen LogP contribution in [0.3, 0.4) is 0 Å². The van der Waals surface area contributed by atoms with E-state index in [0.29, 0.717) is 18.4 Å². The van der Waals surface area contributed by atoms with E-state index in [1.807, 2.05) is 6.07 Å². The molecule has 2 nitrogen and oxygen atoms in total. The van der Waals surface area contributed by atoms with Crippen LogP contribution in [0, 0.1) is 11.8 Å². The molecule has 1 fully saturated rings. The van der Waals surface area contributed by atoms with Crippen molar-refractivity contribution < 1.29 is 5.11 Å². The van der Waals surface area contributed by atoms with Crippen LogP contribution in [0.4, 0.5) is 0 Å². The molecule has 0 amide bonds. The number of nitrogens with zero attached hydrogens (tertiary/aromatic N) is 1. The molecular weight excluding hydrogens is 186 g/mol. The molecule has 82 valence electrons. The largest absolute Gasteiger partial charge is 0.396 e. The fourth-order valence-electron chi connectivity index (χ4n) is 2.53. The first kappa shape index (κ1) is 10.7. The van der Waals surface area contributed by atoms with Crippen molar-refractivity contribution in [3.8, 4) is 0 Å². The van der Waals surface area contributed by atoms with E-state index in [1.54, 1.807) is 0 Å². The van der Waals surface area contributed by atoms with Gasteiger partial charge in [0.1, 0.15) is 0 Å². The van der Waals surface area contributed by atoms with Gasteiger partial charge in [0.25, 0.3) is 0 Å². The number of hydrogen-bond donors (Lipinski definition) is 1. The highest BCUT2D eigenvalue weighted by atomic mass is 16.3. The Hall–Kier alpha value is -0.860. The third-order valence-corrected chi connectivity index (χ3v) is 3.33. The van der Waals surface area contributed by atoms with E-state index in [2.05, 4.69) is 36.2 Å². The Morgan fingerprint density at radius 3 is 2.53 bits per heavy atom. The molecule has 0 unspecified atom stereocenters. The van der Waals surface area contributed by atoms with E-state index in [0.717, 1.165) is 19.5 Å². The van der Waals surface area contributed by atoms with Crippen LogP contribution in [0.1, 0.15) is 5.56 Å². The Bertz CT molecular complexity index is 299. The van der Waals surface area contributed by atoms with Crippen LogP contribution in [0.15, 0.2) is 30.3 Å². The molecule has 0 bridgehead atoms. The predicted octanol–water partition coefficient (Wildman–Crippen LogP) is 1.40. The number of hydrogen-bond acceptors (Lipinski definition) is 2. The first-order valence-corrected chi connectivity index (χ1v) is 5.63. The highest BCUT2D eigenvalue weighted by molar-refractivity contribution is 5.15. The second-order valence-electron chi connectivity index (χ2n) is 4.61. The molecule has 0 aromatic heterocycles. The predicted molar refractivity (Wildman–Crippen MR) is 61.7 cm³/mol. The minimum atomic E-state index is 0.321. The minimum absolute atomic E-state index is 0.321. The summed E-state index contributed by atoms with van der Waals surface area (Å²) in [5, 5.41) is 9.31. The standard InChI is InChI=1S/C13H19NO/c1-14-8-12(13(9-14)10-15)7-11-5-3-2-4-6-11/h2-6,12-13,15H,7-10H2,1H3/t12-,13+/m1/s1. The van der Waals surface area contributed by atoms with Gasteiger partial charge in [0.05, 0.1) is 0 Å². The van der Waals surface area contributed by atoms with Gasteiger partial charge in [0, 0.05) is 19.7 Å². The third-order valence-electron chi connectivity index (χ3n) is 3.33. The van der Waals surface area contributed by atoms with Crippen molar-refractivity contribution in [3.63, 3.8) is 0 Å². The number of benzene rings is 1. The SMILES string of the molecule is CN1C[C@@H](CO)[C@H](Cc2ccccc2)C1. The molecule has 1 aliphatic heterocycles. The number of likely N-dealkylation sites (tertiary alicyclic amines) is 1. The van der Waals surface area contributed by atoms with Crippen LogP contribution in [-0.4, -0.2) is 36.8 Å². The van der Waals surface area contributed by atoms with Gasteiger partial charge in [0.2, 0.25) is 0 Å². The quantitative estimate of drug-likeness (QED) is 0.806. The fraction of sp³-hybridized carbons (Fsp3) is 0.538. The maximum atomic E-state index is 9.31. The van der Waals surface area contributed by atoms with Gasteiger partial charge in [-0.2, -0.15) is 0 Å². The minimum Gasteiger partial charge on any atom is -0.396 e. The zero-order valence-electron chi connectivity index (χ0n) is 9.26. The zero-order valence-corrected chi connectivity index (χ0v) is 9.26. The van der Waals surface area contributed by atoms with Crippen LogP contribution in [-0.2, 0) is 6.42 Å². The van der Waals surface area contributed by atoms with Gasteiger partial charge in [-0.3, -0.25) is 0 Å². The van der Waals surface area contributed by atoms with Crippen molar-refractivity contribution in [1.82, 2.24) is 4.90 Å². The molecule has 0 radical (unpaired) electrons. The van der Waals surface area contributed by atoms with Crippen LogP contribution >= 0.6 is 0 Å². The molecule has 1 saturated heterocycles. The summed E-state index contributed by atoms with van der Waals surface area (Å²) in [7, 11) is 2.13. The maximum absolute atomic E-state index is 9.31. The highest BCUT2D eigenvalue weighted by Gasteiger charge is 2.29. The van der Waals surface area contributed by atoms with E-state index in [9.17, 15) is 5.11 Å². The average molecular weight is 205 g/mol. The molecule has 2 atom stereocenters. The van der Waals surface area contributed by atoms with Gasteiger partial charge in [-0.25, -0.2) is 0 Å². The van der Waals surface area contributed by atoms with Crippen molar-refractivity contribution >= 4 is 0 Å². The molecule has 0 spiro atoms. The van der Waals surface area contributed by atoms with Crippen molar-refractivity contribution in [2.45, 2.75) is 6.42 Å². The van der Waals surface area contributed by atoms with E-state index in [1.165, 1.54) is 5.56 Å². The summed E-state index contributed by atoms with van der Waals surface area (Å²) >= 11 is 0. The third kappa shape index (κ3) is 2.58. The number of aliphatic hydroxyl groups excluding tert-OH is 1. The lowest BCUT2D eigenvalue weighted by Gasteiger charge is -2.15. The van der Waals surface area contributed by atoms with E-state index >= 15 is 0 Å². The molecule has 2 heteroatoms. The molecular formula is C13H19NO. The fourth-order valence-corrected chi connectivity index (χ4v) is 2.53. The lowest BCUT2D eigenvalue weighted by atomic mass is 9.90. The second kappa shape index (κ2) is 4.77. The van der Waals surface area contributed by atoms with Crippen LogP contribution in [0.5, 0.6) is 0 Å². The smallest absolute Gasteiger partial charge is 0.0474 e. The van der Waals surface area contributed by atoms with Crippen molar-refractivity contribution in [3.05, 3.63) is 35.9 Å². The lowest BCUT2D eigenvalue weighted by Crippen LogP contribution is -2.18. The van der Waals surface area contributed by atoms with Gasteiger partial charge in [-0.15, -0.1) is 0 Å². The van der Waals surface area contributed by atoms with Crippen molar-refractivity contribution in [1.29, 1.82) is 0 Å². The van der Waals surface area contributed by atoms with E-state index < -0.39 is 0 Å². The summed E-state index contributed by atoms with van der Waals surface area (Å²) in [5.74, 6) is 1.07. The summed E-state index contributed by atoms with van der Waals surface area (Å²) < 4.78 is 0. The Morgan fingerprint density at radius 2 is 1.87 bits per heavy atom. The summed E-state index contributed by atoms with van der Waals surface area (Å²) in [6.45, 7) is 2.47. The molecule has 0 aliphatic carbocycles. The summed E-state index contributed by atoms with van der Waals surface area (Å²) in [5.41, 5.74) is 1.39. The first-order valence-electron chi connectivity index (χ1n) is 5.63. The van der Waals surface area contributed by atoms with Gasteiger partial charge < -0.3 is 10.0 Å². The van der Waals surface area contributed by atoms with Crippen LogP contribution < -0.4 is 0 Å². The number of aliphatic hydroxyl groups is 1. The maximum Gasteiger partial charge on any atom is 0.0474 e. The zero-order chi connectivity index (χ0) is 10.7. The highest BCUT2D eigenvalue weighted by Crippen LogP contribution is 2.25. The van der Waals surface area contributed by atoms with Gasteiger partial charge >= 0.3 is 0 Å². The Balaban J connectivity index is 2.00. The monoisotopic (exact) mass is 205 g/mol. The molecule has 15 heavy (non-hydrogen) atoms. The second-order valence-corrected chi connectivity index (χ2v) is 4.61. The Labute approximate surface area is 91.5 Å². The molecule has 1 aromatic carbocycles. The van der Waals surface area contributed by atoms with Crippen LogP contribution in [0.25, 0.3) is 0 Å². The molecule has 1 aromatic rings. The summed E-state index contributed by atoms with van der Waals surface area (Å²) in [6, 6.07) is 10.6. The van der Waals surface area contributed by atoms with Crippen molar-refractivity contribution in [2.75, 3.05) is 26.7 Å². The normalized spacial score (nSPS) is 27.1. The van der Waals surface area contributed by atoms with Gasteiger partial charge in [0.15, 0.2) is 0 Å². The summed E-state index contributed by atoms with van der Waals surface area (Å²) in [4.78, 5) is 2.31. The lowest BCUT2D eigenvalue weighted by molar-refractivity contribution is 0.202. The Morgan fingerprint density at radius 1 is 1.20 bits per heavy atom. The van der Waals surface area contributed by atoms with Gasteiger partial charge in [-0.05, 0) is 30.9 Å². The topological polar surface area (TPSA) is 23.5 Å². The number of rotatable bonds is 3. The van der Waals surface area contributed by atoms with Crippen LogP contribution in [0.2, 0.25) is 0 Å².